The van der Waals surface area contributed by atoms with E-state index in [4.69, 9.17) is 4.74 Å². The molecule has 1 aromatic rings. The molecule has 1 unspecified atom stereocenters. The average molecular weight is 239 g/mol. The Morgan fingerprint density at radius 2 is 2.59 bits per heavy atom. The number of hydrogen-bond acceptors (Lipinski definition) is 5. The molecule has 2 N–H and O–H groups in total. The number of aryl methyl sites for hydroxylation is 1. The summed E-state index contributed by atoms with van der Waals surface area (Å²) in [7, 11) is 0. The Balaban J connectivity index is 1.60. The van der Waals surface area contributed by atoms with Crippen LogP contribution in [-0.4, -0.2) is 53.2 Å². The van der Waals surface area contributed by atoms with E-state index in [2.05, 4.69) is 20.9 Å². The van der Waals surface area contributed by atoms with E-state index < -0.39 is 0 Å². The van der Waals surface area contributed by atoms with Crippen molar-refractivity contribution in [1.29, 1.82) is 0 Å². The van der Waals surface area contributed by atoms with Crippen LogP contribution in [-0.2, 0) is 16.1 Å². The van der Waals surface area contributed by atoms with Crippen molar-refractivity contribution in [3.05, 3.63) is 12.4 Å². The third-order valence-electron chi connectivity index (χ3n) is 2.57. The first-order valence-corrected chi connectivity index (χ1v) is 5.78. The Bertz CT molecular complexity index is 334. The molecular weight excluding hydrogens is 222 g/mol. The summed E-state index contributed by atoms with van der Waals surface area (Å²) >= 11 is 0. The number of rotatable bonds is 5. The fourth-order valence-electron chi connectivity index (χ4n) is 1.63. The van der Waals surface area contributed by atoms with Crippen LogP contribution in [0.4, 0.5) is 0 Å². The van der Waals surface area contributed by atoms with Crippen LogP contribution in [0, 0.1) is 0 Å². The first kappa shape index (κ1) is 12.0. The highest BCUT2D eigenvalue weighted by molar-refractivity contribution is 5.75. The second kappa shape index (κ2) is 6.31. The van der Waals surface area contributed by atoms with Gasteiger partial charge in [-0.25, -0.2) is 0 Å². The van der Waals surface area contributed by atoms with Gasteiger partial charge in [0.1, 0.15) is 0 Å². The molecule has 1 amide bonds. The smallest absolute Gasteiger partial charge is 0.221 e. The van der Waals surface area contributed by atoms with E-state index in [1.807, 2.05) is 0 Å². The standard InChI is InChI=1S/C10H17N5O2/c16-10(1-4-15-5-2-13-14-15)12-8-9-7-11-3-6-17-9/h2,5,9,11H,1,3-4,6-8H2,(H,12,16). The molecule has 17 heavy (non-hydrogen) atoms. The lowest BCUT2D eigenvalue weighted by Crippen LogP contribution is -2.45. The van der Waals surface area contributed by atoms with E-state index in [1.54, 1.807) is 17.1 Å². The van der Waals surface area contributed by atoms with Gasteiger partial charge in [0.25, 0.3) is 0 Å². The second-order valence-corrected chi connectivity index (χ2v) is 3.92. The zero-order chi connectivity index (χ0) is 11.9. The normalized spacial score (nSPS) is 20.1. The summed E-state index contributed by atoms with van der Waals surface area (Å²) in [6.45, 7) is 3.50. The molecule has 0 spiro atoms. The number of carbonyl (C=O) groups is 1. The minimum atomic E-state index is 0.00896. The Morgan fingerprint density at radius 3 is 3.29 bits per heavy atom. The van der Waals surface area contributed by atoms with E-state index >= 15 is 0 Å². The lowest BCUT2D eigenvalue weighted by atomic mass is 10.3. The molecule has 0 aromatic carbocycles. The van der Waals surface area contributed by atoms with Gasteiger partial charge in [-0.3, -0.25) is 9.48 Å². The fraction of sp³-hybridized carbons (Fsp3) is 0.700. The molecule has 7 nitrogen and oxygen atoms in total. The van der Waals surface area contributed by atoms with Crippen molar-refractivity contribution in [2.45, 2.75) is 19.1 Å². The second-order valence-electron chi connectivity index (χ2n) is 3.92. The van der Waals surface area contributed by atoms with Crippen LogP contribution in [0.2, 0.25) is 0 Å². The molecule has 1 aliphatic rings. The van der Waals surface area contributed by atoms with E-state index in [0.29, 0.717) is 26.1 Å². The Kier molecular flexibility index (Phi) is 4.45. The van der Waals surface area contributed by atoms with Gasteiger partial charge >= 0.3 is 0 Å². The average Bonchev–Trinajstić information content (AvgIpc) is 2.88. The van der Waals surface area contributed by atoms with Crippen molar-refractivity contribution >= 4 is 5.91 Å². The zero-order valence-electron chi connectivity index (χ0n) is 9.63. The molecule has 0 saturated carbocycles. The highest BCUT2D eigenvalue weighted by Gasteiger charge is 2.13. The highest BCUT2D eigenvalue weighted by atomic mass is 16.5. The Labute approximate surface area is 99.5 Å². The van der Waals surface area contributed by atoms with Crippen LogP contribution in [0.5, 0.6) is 0 Å². The molecule has 0 radical (unpaired) electrons. The van der Waals surface area contributed by atoms with Gasteiger partial charge in [-0.15, -0.1) is 5.10 Å². The molecule has 94 valence electrons. The summed E-state index contributed by atoms with van der Waals surface area (Å²) in [5.41, 5.74) is 0. The van der Waals surface area contributed by atoms with Crippen LogP contribution < -0.4 is 10.6 Å². The van der Waals surface area contributed by atoms with Crippen molar-refractivity contribution < 1.29 is 9.53 Å². The summed E-state index contributed by atoms with van der Waals surface area (Å²) in [5.74, 6) is 0.00896. The molecule has 2 heterocycles. The molecule has 0 bridgehead atoms. The number of nitrogens with zero attached hydrogens (tertiary/aromatic N) is 3. The third kappa shape index (κ3) is 4.12. The van der Waals surface area contributed by atoms with E-state index in [1.165, 1.54) is 0 Å². The monoisotopic (exact) mass is 239 g/mol. The summed E-state index contributed by atoms with van der Waals surface area (Å²) in [6, 6.07) is 0. The molecule has 1 aromatic heterocycles. The highest BCUT2D eigenvalue weighted by Crippen LogP contribution is 1.94. The molecule has 1 aliphatic heterocycles. The minimum absolute atomic E-state index is 0.00896. The maximum absolute atomic E-state index is 11.5. The zero-order valence-corrected chi connectivity index (χ0v) is 9.63. The predicted octanol–water partition coefficient (Wildman–Crippen LogP) is -1.23. The van der Waals surface area contributed by atoms with Crippen molar-refractivity contribution in [3.8, 4) is 0 Å². The number of amides is 1. The topological polar surface area (TPSA) is 81.1 Å². The number of ether oxygens (including phenoxy) is 1. The molecule has 1 atom stereocenters. The van der Waals surface area contributed by atoms with Gasteiger partial charge in [-0.05, 0) is 0 Å². The lowest BCUT2D eigenvalue weighted by molar-refractivity contribution is -0.122. The molecule has 2 rings (SSSR count). The molecule has 1 saturated heterocycles. The number of nitrogens with one attached hydrogen (secondary N) is 2. The maximum Gasteiger partial charge on any atom is 0.221 e. The summed E-state index contributed by atoms with van der Waals surface area (Å²) < 4.78 is 7.11. The SMILES string of the molecule is O=C(CCn1ccnn1)NCC1CNCCO1. The fourth-order valence-corrected chi connectivity index (χ4v) is 1.63. The van der Waals surface area contributed by atoms with Crippen LogP contribution in [0.3, 0.4) is 0 Å². The van der Waals surface area contributed by atoms with E-state index in [9.17, 15) is 4.79 Å². The molecule has 1 fully saturated rings. The number of carbonyl (C=O) groups excluding carboxylic acids is 1. The maximum atomic E-state index is 11.5. The number of aromatic nitrogens is 3. The Morgan fingerprint density at radius 1 is 1.65 bits per heavy atom. The molecule has 0 aliphatic carbocycles. The van der Waals surface area contributed by atoms with Gasteiger partial charge in [0.2, 0.25) is 5.91 Å². The van der Waals surface area contributed by atoms with E-state index in [-0.39, 0.29) is 12.0 Å². The van der Waals surface area contributed by atoms with Gasteiger partial charge in [0.15, 0.2) is 0 Å². The van der Waals surface area contributed by atoms with Crippen molar-refractivity contribution in [3.63, 3.8) is 0 Å². The lowest BCUT2D eigenvalue weighted by Gasteiger charge is -2.23. The Hall–Kier alpha value is -1.47. The van der Waals surface area contributed by atoms with Crippen molar-refractivity contribution in [2.24, 2.45) is 0 Å². The van der Waals surface area contributed by atoms with Gasteiger partial charge in [0.05, 0.1) is 25.5 Å². The third-order valence-corrected chi connectivity index (χ3v) is 2.57. The van der Waals surface area contributed by atoms with Gasteiger partial charge < -0.3 is 15.4 Å². The minimum Gasteiger partial charge on any atom is -0.374 e. The largest absolute Gasteiger partial charge is 0.374 e. The van der Waals surface area contributed by atoms with Gasteiger partial charge in [0, 0.05) is 32.3 Å². The number of hydrogen-bond donors (Lipinski definition) is 2. The van der Waals surface area contributed by atoms with Crippen LogP contribution in [0.25, 0.3) is 0 Å². The van der Waals surface area contributed by atoms with Crippen molar-refractivity contribution in [1.82, 2.24) is 25.6 Å². The summed E-state index contributed by atoms with van der Waals surface area (Å²) in [5, 5.41) is 13.5. The van der Waals surface area contributed by atoms with Crippen LogP contribution in [0.1, 0.15) is 6.42 Å². The quantitative estimate of drug-likeness (QED) is 0.672. The first-order chi connectivity index (χ1) is 8.34. The molecule has 7 heteroatoms. The van der Waals surface area contributed by atoms with Crippen LogP contribution in [0.15, 0.2) is 12.4 Å². The van der Waals surface area contributed by atoms with Gasteiger partial charge in [-0.2, -0.15) is 0 Å². The first-order valence-electron chi connectivity index (χ1n) is 5.78. The predicted molar refractivity (Wildman–Crippen MR) is 60.3 cm³/mol. The molecular formula is C10H17N5O2. The van der Waals surface area contributed by atoms with E-state index in [0.717, 1.165) is 13.1 Å². The van der Waals surface area contributed by atoms with Crippen LogP contribution >= 0.6 is 0 Å². The van der Waals surface area contributed by atoms with Crippen molar-refractivity contribution in [2.75, 3.05) is 26.2 Å². The van der Waals surface area contributed by atoms with Gasteiger partial charge in [-0.1, -0.05) is 5.21 Å². The summed E-state index contributed by atoms with van der Waals surface area (Å²) in [4.78, 5) is 11.5. The number of morpholine rings is 1. The summed E-state index contributed by atoms with van der Waals surface area (Å²) in [6.07, 6.45) is 3.82.